The van der Waals surface area contributed by atoms with E-state index in [1.165, 1.54) is 16.2 Å². The van der Waals surface area contributed by atoms with Crippen LogP contribution >= 0.6 is 11.3 Å². The van der Waals surface area contributed by atoms with Gasteiger partial charge in [-0.05, 0) is 19.1 Å². The Morgan fingerprint density at radius 2 is 2.11 bits per heavy atom. The minimum Gasteiger partial charge on any atom is -0.395 e. The van der Waals surface area contributed by atoms with Gasteiger partial charge in [0.05, 0.1) is 19.2 Å². The number of hydrogen-bond acceptors (Lipinski definition) is 4. The van der Waals surface area contributed by atoms with Gasteiger partial charge in [0.15, 0.2) is 0 Å². The molecule has 0 aliphatic heterocycles. The normalized spacial score (nSPS) is 14.2. The Hall–Kier alpha value is -0.630. The van der Waals surface area contributed by atoms with Crippen molar-refractivity contribution >= 4 is 11.3 Å². The van der Waals surface area contributed by atoms with Gasteiger partial charge >= 0.3 is 6.18 Å². The molecule has 0 aliphatic carbocycles. The van der Waals surface area contributed by atoms with Crippen LogP contribution in [0.3, 0.4) is 0 Å². The maximum atomic E-state index is 12.5. The van der Waals surface area contributed by atoms with Crippen LogP contribution in [0.1, 0.15) is 15.8 Å². The van der Waals surface area contributed by atoms with Crippen molar-refractivity contribution < 1.29 is 18.3 Å². The van der Waals surface area contributed by atoms with Crippen LogP contribution < -0.4 is 5.73 Å². The van der Waals surface area contributed by atoms with Crippen molar-refractivity contribution in [1.82, 2.24) is 4.90 Å². The third-order valence-electron chi connectivity index (χ3n) is 2.52. The Bertz CT molecular complexity index is 367. The molecule has 0 saturated carbocycles. The number of rotatable bonds is 6. The van der Waals surface area contributed by atoms with E-state index >= 15 is 0 Å². The number of thiophene rings is 1. The summed E-state index contributed by atoms with van der Waals surface area (Å²) in [7, 11) is 0. The molecule has 0 aliphatic rings. The Morgan fingerprint density at radius 3 is 2.50 bits per heavy atom. The summed E-state index contributed by atoms with van der Waals surface area (Å²) in [5, 5.41) is 8.88. The lowest BCUT2D eigenvalue weighted by Crippen LogP contribution is -2.41. The zero-order valence-corrected chi connectivity index (χ0v) is 10.9. The summed E-state index contributed by atoms with van der Waals surface area (Å²) in [6, 6.07) is 3.14. The molecule has 0 amide bonds. The second-order valence-corrected chi connectivity index (χ2v) is 5.33. The number of aryl methyl sites for hydroxylation is 1. The fraction of sp³-hybridized carbons (Fsp3) is 0.636. The second kappa shape index (κ2) is 6.51. The lowest BCUT2D eigenvalue weighted by atomic mass is 10.2. The van der Waals surface area contributed by atoms with Gasteiger partial charge in [0, 0.05) is 22.8 Å². The largest absolute Gasteiger partial charge is 0.401 e. The van der Waals surface area contributed by atoms with Crippen molar-refractivity contribution in [3.05, 3.63) is 21.9 Å². The van der Waals surface area contributed by atoms with Crippen LogP contribution in [0, 0.1) is 6.92 Å². The molecule has 0 fully saturated rings. The molecule has 1 heterocycles. The number of nitrogens with two attached hydrogens (primary N) is 1. The van der Waals surface area contributed by atoms with Crippen LogP contribution in [0.25, 0.3) is 0 Å². The van der Waals surface area contributed by atoms with E-state index in [0.29, 0.717) is 0 Å². The van der Waals surface area contributed by atoms with Gasteiger partial charge in [0.2, 0.25) is 0 Å². The molecule has 7 heteroatoms. The number of alkyl halides is 3. The van der Waals surface area contributed by atoms with Crippen LogP contribution in [0.2, 0.25) is 0 Å². The predicted molar refractivity (Wildman–Crippen MR) is 65.6 cm³/mol. The monoisotopic (exact) mass is 282 g/mol. The van der Waals surface area contributed by atoms with Gasteiger partial charge in [0.25, 0.3) is 0 Å². The SMILES string of the molecule is Cc1ccc(C(CN)N(CCO)CC(F)(F)F)s1. The summed E-state index contributed by atoms with van der Waals surface area (Å²) in [4.78, 5) is 3.00. The van der Waals surface area contributed by atoms with E-state index in [1.54, 1.807) is 6.07 Å². The molecule has 1 unspecified atom stereocenters. The minimum absolute atomic E-state index is 0.0433. The topological polar surface area (TPSA) is 49.5 Å². The third-order valence-corrected chi connectivity index (χ3v) is 3.63. The average molecular weight is 282 g/mol. The predicted octanol–water partition coefficient (Wildman–Crippen LogP) is 1.91. The molecular weight excluding hydrogens is 265 g/mol. The molecule has 3 N–H and O–H groups in total. The molecule has 0 saturated heterocycles. The highest BCUT2D eigenvalue weighted by Crippen LogP contribution is 2.29. The van der Waals surface area contributed by atoms with E-state index in [0.717, 1.165) is 9.75 Å². The van der Waals surface area contributed by atoms with Gasteiger partial charge in [-0.15, -0.1) is 11.3 Å². The molecule has 1 atom stereocenters. The molecular formula is C11H17F3N2OS. The van der Waals surface area contributed by atoms with Gasteiger partial charge in [0.1, 0.15) is 0 Å². The van der Waals surface area contributed by atoms with Crippen LogP contribution in [0.15, 0.2) is 12.1 Å². The molecule has 1 aromatic rings. The van der Waals surface area contributed by atoms with Crippen molar-refractivity contribution in [2.24, 2.45) is 5.73 Å². The van der Waals surface area contributed by atoms with Crippen LogP contribution in [-0.2, 0) is 0 Å². The fourth-order valence-electron chi connectivity index (χ4n) is 1.78. The van der Waals surface area contributed by atoms with E-state index in [-0.39, 0.29) is 19.7 Å². The number of hydrogen-bond donors (Lipinski definition) is 2. The summed E-state index contributed by atoms with van der Waals surface area (Å²) < 4.78 is 37.5. The van der Waals surface area contributed by atoms with Gasteiger partial charge in [-0.1, -0.05) is 0 Å². The number of halogens is 3. The first-order valence-electron chi connectivity index (χ1n) is 5.55. The average Bonchev–Trinajstić information content (AvgIpc) is 2.64. The number of aliphatic hydroxyl groups is 1. The lowest BCUT2D eigenvalue weighted by Gasteiger charge is -2.30. The van der Waals surface area contributed by atoms with E-state index in [4.69, 9.17) is 10.8 Å². The van der Waals surface area contributed by atoms with Gasteiger partial charge in [-0.3, -0.25) is 4.90 Å². The summed E-state index contributed by atoms with van der Waals surface area (Å²) >= 11 is 1.43. The summed E-state index contributed by atoms with van der Waals surface area (Å²) in [5.74, 6) is 0. The van der Waals surface area contributed by atoms with Gasteiger partial charge in [-0.25, -0.2) is 0 Å². The van der Waals surface area contributed by atoms with Crippen molar-refractivity contribution in [1.29, 1.82) is 0 Å². The highest BCUT2D eigenvalue weighted by Gasteiger charge is 2.34. The van der Waals surface area contributed by atoms with E-state index in [1.807, 2.05) is 13.0 Å². The minimum atomic E-state index is -4.30. The highest BCUT2D eigenvalue weighted by molar-refractivity contribution is 7.12. The molecule has 0 bridgehead atoms. The molecule has 0 aromatic carbocycles. The number of nitrogens with zero attached hydrogens (tertiary/aromatic N) is 1. The maximum absolute atomic E-state index is 12.5. The quantitative estimate of drug-likeness (QED) is 0.838. The Kier molecular flexibility index (Phi) is 5.58. The standard InChI is InChI=1S/C11H17F3N2OS/c1-8-2-3-10(18-8)9(6-15)16(4-5-17)7-11(12,13)14/h2-3,9,17H,4-7,15H2,1H3. The first-order valence-corrected chi connectivity index (χ1v) is 6.37. The summed E-state index contributed by atoms with van der Waals surface area (Å²) in [5.41, 5.74) is 5.58. The van der Waals surface area contributed by atoms with E-state index < -0.39 is 18.8 Å². The Labute approximate surface area is 108 Å². The smallest absolute Gasteiger partial charge is 0.395 e. The van der Waals surface area contributed by atoms with Gasteiger partial charge < -0.3 is 10.8 Å². The molecule has 3 nitrogen and oxygen atoms in total. The van der Waals surface area contributed by atoms with Crippen molar-refractivity contribution in [2.45, 2.75) is 19.1 Å². The molecule has 18 heavy (non-hydrogen) atoms. The molecule has 1 rings (SSSR count). The van der Waals surface area contributed by atoms with Crippen LogP contribution in [-0.4, -0.2) is 42.4 Å². The van der Waals surface area contributed by atoms with Crippen molar-refractivity contribution in [3.63, 3.8) is 0 Å². The van der Waals surface area contributed by atoms with E-state index in [9.17, 15) is 13.2 Å². The van der Waals surface area contributed by atoms with Gasteiger partial charge in [-0.2, -0.15) is 13.2 Å². The third kappa shape index (κ3) is 4.56. The van der Waals surface area contributed by atoms with Crippen LogP contribution in [0.5, 0.6) is 0 Å². The maximum Gasteiger partial charge on any atom is 0.401 e. The van der Waals surface area contributed by atoms with Crippen molar-refractivity contribution in [3.8, 4) is 0 Å². The summed E-state index contributed by atoms with van der Waals surface area (Å²) in [6.07, 6.45) is -4.30. The second-order valence-electron chi connectivity index (χ2n) is 4.01. The zero-order chi connectivity index (χ0) is 13.8. The molecule has 0 radical (unpaired) electrons. The highest BCUT2D eigenvalue weighted by atomic mass is 32.1. The molecule has 1 aromatic heterocycles. The number of aliphatic hydroxyl groups excluding tert-OH is 1. The summed E-state index contributed by atoms with van der Waals surface area (Å²) in [6.45, 7) is 0.555. The zero-order valence-electron chi connectivity index (χ0n) is 10.1. The van der Waals surface area contributed by atoms with E-state index in [2.05, 4.69) is 0 Å². The Morgan fingerprint density at radius 1 is 1.44 bits per heavy atom. The van der Waals surface area contributed by atoms with Crippen LogP contribution in [0.4, 0.5) is 13.2 Å². The molecule has 0 spiro atoms. The Balaban J connectivity index is 2.86. The van der Waals surface area contributed by atoms with Crippen molar-refractivity contribution in [2.75, 3.05) is 26.2 Å². The first-order chi connectivity index (χ1) is 8.37. The fourth-order valence-corrected chi connectivity index (χ4v) is 2.81. The first kappa shape index (κ1) is 15.4. The molecule has 104 valence electrons. The lowest BCUT2D eigenvalue weighted by molar-refractivity contribution is -0.151.